The average Bonchev–Trinajstić information content (AvgIpc) is 3.03. The van der Waals surface area contributed by atoms with Crippen molar-refractivity contribution in [3.63, 3.8) is 0 Å². The van der Waals surface area contributed by atoms with Crippen molar-refractivity contribution in [1.29, 1.82) is 0 Å². The molecule has 0 aromatic heterocycles. The van der Waals surface area contributed by atoms with Crippen molar-refractivity contribution in [1.82, 2.24) is 4.90 Å². The van der Waals surface area contributed by atoms with E-state index >= 15 is 0 Å². The van der Waals surface area contributed by atoms with Crippen molar-refractivity contribution in [3.8, 4) is 11.5 Å². The van der Waals surface area contributed by atoms with Gasteiger partial charge in [0, 0.05) is 5.69 Å². The van der Waals surface area contributed by atoms with Gasteiger partial charge in [-0.1, -0.05) is 42.5 Å². The molecule has 0 aliphatic carbocycles. The molecule has 1 aliphatic rings. The first-order valence-electron chi connectivity index (χ1n) is 10.6. The lowest BCUT2D eigenvalue weighted by Gasteiger charge is -2.15. The highest BCUT2D eigenvalue weighted by Crippen LogP contribution is 2.39. The van der Waals surface area contributed by atoms with Gasteiger partial charge in [-0.05, 0) is 67.4 Å². The van der Waals surface area contributed by atoms with Crippen LogP contribution in [0.3, 0.4) is 0 Å². The normalized spacial score (nSPS) is 14.5. The van der Waals surface area contributed by atoms with E-state index in [4.69, 9.17) is 21.1 Å². The summed E-state index contributed by atoms with van der Waals surface area (Å²) in [6.07, 6.45) is 3.13. The molecule has 0 bridgehead atoms. The molecule has 1 saturated heterocycles. The van der Waals surface area contributed by atoms with E-state index in [0.29, 0.717) is 34.4 Å². The molecular formula is C25H25ClN2O5S. The third-order valence-corrected chi connectivity index (χ3v) is 6.08. The SMILES string of the molecule is C=CCOc1c(Cl)cc(/C=C2/SC(=O)N(CC(=O)Nc3c(C)cccc3C)C2=O)cc1OCC. The summed E-state index contributed by atoms with van der Waals surface area (Å²) in [6.45, 7) is 9.45. The largest absolute Gasteiger partial charge is 0.490 e. The van der Waals surface area contributed by atoms with E-state index in [9.17, 15) is 14.4 Å². The van der Waals surface area contributed by atoms with Crippen molar-refractivity contribution in [2.75, 3.05) is 25.1 Å². The highest BCUT2D eigenvalue weighted by molar-refractivity contribution is 8.18. The van der Waals surface area contributed by atoms with E-state index in [0.717, 1.165) is 27.8 Å². The third-order valence-electron chi connectivity index (χ3n) is 4.90. The van der Waals surface area contributed by atoms with Crippen LogP contribution in [0.2, 0.25) is 5.02 Å². The molecule has 3 rings (SSSR count). The standard InChI is InChI=1S/C25H25ClN2O5S/c1-5-10-33-23-18(26)11-17(12-19(23)32-6-2)13-20-24(30)28(25(31)34-20)14-21(29)27-22-15(3)8-7-9-16(22)4/h5,7-9,11-13H,1,6,10,14H2,2-4H3,(H,27,29)/b20-13+. The molecule has 3 amide bonds. The highest BCUT2D eigenvalue weighted by atomic mass is 35.5. The zero-order valence-electron chi connectivity index (χ0n) is 19.1. The van der Waals surface area contributed by atoms with E-state index in [2.05, 4.69) is 11.9 Å². The number of nitrogens with zero attached hydrogens (tertiary/aromatic N) is 1. The zero-order chi connectivity index (χ0) is 24.8. The number of ether oxygens (including phenoxy) is 2. The number of halogens is 1. The Hall–Kier alpha value is -3.23. The topological polar surface area (TPSA) is 84.9 Å². The summed E-state index contributed by atoms with van der Waals surface area (Å²) < 4.78 is 11.2. The number of carbonyl (C=O) groups excluding carboxylic acids is 3. The Labute approximate surface area is 207 Å². The lowest BCUT2D eigenvalue weighted by atomic mass is 10.1. The molecule has 0 spiro atoms. The van der Waals surface area contributed by atoms with Gasteiger partial charge >= 0.3 is 0 Å². The monoisotopic (exact) mass is 500 g/mol. The second-order valence-electron chi connectivity index (χ2n) is 7.45. The van der Waals surface area contributed by atoms with E-state index in [1.54, 1.807) is 24.3 Å². The average molecular weight is 501 g/mol. The molecule has 0 saturated carbocycles. The Morgan fingerprint density at radius 2 is 1.91 bits per heavy atom. The van der Waals surface area contributed by atoms with Crippen molar-refractivity contribution >= 4 is 52.2 Å². The molecule has 2 aromatic rings. The van der Waals surface area contributed by atoms with E-state index in [1.165, 1.54) is 0 Å². The van der Waals surface area contributed by atoms with Gasteiger partial charge < -0.3 is 14.8 Å². The zero-order valence-corrected chi connectivity index (χ0v) is 20.7. The summed E-state index contributed by atoms with van der Waals surface area (Å²) in [6, 6.07) is 8.93. The molecule has 1 heterocycles. The number of anilines is 1. The number of benzene rings is 2. The first-order chi connectivity index (χ1) is 16.2. The Balaban J connectivity index is 1.79. The van der Waals surface area contributed by atoms with Crippen LogP contribution in [0.1, 0.15) is 23.6 Å². The fraction of sp³-hybridized carbons (Fsp3) is 0.240. The van der Waals surface area contributed by atoms with Crippen molar-refractivity contribution in [3.05, 3.63) is 69.6 Å². The molecular weight excluding hydrogens is 476 g/mol. The molecule has 34 heavy (non-hydrogen) atoms. The van der Waals surface area contributed by atoms with Gasteiger partial charge in [0.1, 0.15) is 13.2 Å². The maximum absolute atomic E-state index is 12.9. The van der Waals surface area contributed by atoms with Gasteiger partial charge in [-0.25, -0.2) is 0 Å². The molecule has 2 aromatic carbocycles. The van der Waals surface area contributed by atoms with Crippen molar-refractivity contribution < 1.29 is 23.9 Å². The van der Waals surface area contributed by atoms with Crippen LogP contribution >= 0.6 is 23.4 Å². The quantitative estimate of drug-likeness (QED) is 0.356. The summed E-state index contributed by atoms with van der Waals surface area (Å²) in [5.74, 6) is -0.216. The summed E-state index contributed by atoms with van der Waals surface area (Å²) in [5.41, 5.74) is 3.02. The number of carbonyl (C=O) groups is 3. The van der Waals surface area contributed by atoms with E-state index in [-0.39, 0.29) is 18.1 Å². The molecule has 0 radical (unpaired) electrons. The van der Waals surface area contributed by atoms with Gasteiger partial charge in [0.15, 0.2) is 11.5 Å². The molecule has 0 unspecified atom stereocenters. The third kappa shape index (κ3) is 5.81. The first-order valence-corrected chi connectivity index (χ1v) is 11.8. The van der Waals surface area contributed by atoms with Gasteiger partial charge in [-0.2, -0.15) is 0 Å². The maximum atomic E-state index is 12.9. The molecule has 1 fully saturated rings. The number of amides is 3. The predicted octanol–water partition coefficient (Wildman–Crippen LogP) is 5.60. The maximum Gasteiger partial charge on any atom is 0.294 e. The first kappa shape index (κ1) is 25.4. The number of hydrogen-bond donors (Lipinski definition) is 1. The Morgan fingerprint density at radius 1 is 1.21 bits per heavy atom. The van der Waals surface area contributed by atoms with Crippen molar-refractivity contribution in [2.24, 2.45) is 0 Å². The van der Waals surface area contributed by atoms with Crippen molar-refractivity contribution in [2.45, 2.75) is 20.8 Å². The number of hydrogen-bond acceptors (Lipinski definition) is 6. The van der Waals surface area contributed by atoms with Crippen LogP contribution in [0.15, 0.2) is 47.9 Å². The van der Waals surface area contributed by atoms with Crippen LogP contribution in [-0.2, 0) is 9.59 Å². The number of aryl methyl sites for hydroxylation is 2. The second-order valence-corrected chi connectivity index (χ2v) is 8.85. The van der Waals surface area contributed by atoms with Gasteiger partial charge in [0.2, 0.25) is 5.91 Å². The Morgan fingerprint density at radius 3 is 2.56 bits per heavy atom. The number of thioether (sulfide) groups is 1. The number of imide groups is 1. The van der Waals surface area contributed by atoms with Gasteiger partial charge in [-0.15, -0.1) is 0 Å². The summed E-state index contributed by atoms with van der Waals surface area (Å²) in [4.78, 5) is 39.0. The minimum Gasteiger partial charge on any atom is -0.490 e. The van der Waals surface area contributed by atoms with Gasteiger partial charge in [0.05, 0.1) is 16.5 Å². The lowest BCUT2D eigenvalue weighted by molar-refractivity contribution is -0.127. The fourth-order valence-corrected chi connectivity index (χ4v) is 4.45. The van der Waals surface area contributed by atoms with E-state index in [1.807, 2.05) is 39.0 Å². The number of nitrogens with one attached hydrogen (secondary N) is 1. The van der Waals surface area contributed by atoms with Crippen LogP contribution in [0.5, 0.6) is 11.5 Å². The van der Waals surface area contributed by atoms with E-state index < -0.39 is 17.1 Å². The number of para-hydroxylation sites is 1. The summed E-state index contributed by atoms with van der Waals surface area (Å²) in [7, 11) is 0. The Kier molecular flexibility index (Phi) is 8.41. The second kappa shape index (κ2) is 11.3. The van der Waals surface area contributed by atoms with Crippen LogP contribution in [-0.4, -0.2) is 41.7 Å². The van der Waals surface area contributed by atoms with Crippen LogP contribution < -0.4 is 14.8 Å². The fourth-order valence-electron chi connectivity index (χ4n) is 3.34. The smallest absolute Gasteiger partial charge is 0.294 e. The molecule has 1 N–H and O–H groups in total. The van der Waals surface area contributed by atoms with Gasteiger partial charge in [0.25, 0.3) is 11.1 Å². The molecule has 0 atom stereocenters. The van der Waals surface area contributed by atoms with Crippen LogP contribution in [0, 0.1) is 13.8 Å². The number of rotatable bonds is 9. The molecule has 9 heteroatoms. The molecule has 7 nitrogen and oxygen atoms in total. The molecule has 178 valence electrons. The summed E-state index contributed by atoms with van der Waals surface area (Å²) >= 11 is 7.13. The predicted molar refractivity (Wildman–Crippen MR) is 136 cm³/mol. The Bertz CT molecular complexity index is 1160. The highest BCUT2D eigenvalue weighted by Gasteiger charge is 2.36. The lowest BCUT2D eigenvalue weighted by Crippen LogP contribution is -2.36. The molecule has 1 aliphatic heterocycles. The minimum absolute atomic E-state index is 0.183. The minimum atomic E-state index is -0.548. The van der Waals surface area contributed by atoms with Crippen LogP contribution in [0.4, 0.5) is 10.5 Å². The summed E-state index contributed by atoms with van der Waals surface area (Å²) in [5, 5.41) is 2.57. The van der Waals surface area contributed by atoms with Gasteiger partial charge in [-0.3, -0.25) is 19.3 Å². The van der Waals surface area contributed by atoms with Crippen LogP contribution in [0.25, 0.3) is 6.08 Å².